The first kappa shape index (κ1) is 14.1. The van der Waals surface area contributed by atoms with E-state index in [9.17, 15) is 4.79 Å². The number of thiophene rings is 1. The molecule has 2 aromatic heterocycles. The number of hydrogen-bond acceptors (Lipinski definition) is 5. The third kappa shape index (κ3) is 2.65. The summed E-state index contributed by atoms with van der Waals surface area (Å²) >= 11 is 1.44. The fourth-order valence-electron chi connectivity index (χ4n) is 2.35. The molecule has 0 saturated carbocycles. The second kappa shape index (κ2) is 5.85. The number of hydrogen-bond donors (Lipinski definition) is 0. The molecule has 110 valence electrons. The van der Waals surface area contributed by atoms with Crippen LogP contribution in [0.2, 0.25) is 0 Å². The van der Waals surface area contributed by atoms with Gasteiger partial charge in [0.15, 0.2) is 0 Å². The Kier molecular flexibility index (Phi) is 3.92. The molecule has 0 N–H and O–H groups in total. The average Bonchev–Trinajstić information content (AvgIpc) is 2.84. The molecule has 2 aromatic rings. The predicted octanol–water partition coefficient (Wildman–Crippen LogP) is 3.48. The summed E-state index contributed by atoms with van der Waals surface area (Å²) in [6.07, 6.45) is 3.58. The normalized spacial score (nSPS) is 12.9. The highest BCUT2D eigenvalue weighted by Gasteiger charge is 2.22. The second-order valence-electron chi connectivity index (χ2n) is 4.83. The minimum Gasteiger partial charge on any atom is -0.491 e. The Labute approximate surface area is 127 Å². The van der Waals surface area contributed by atoms with E-state index in [-0.39, 0.29) is 5.97 Å². The van der Waals surface area contributed by atoms with Crippen LogP contribution >= 0.6 is 11.3 Å². The van der Waals surface area contributed by atoms with E-state index in [1.807, 2.05) is 25.3 Å². The first-order chi connectivity index (χ1) is 10.2. The van der Waals surface area contributed by atoms with Crippen molar-refractivity contribution in [3.05, 3.63) is 34.3 Å². The largest absolute Gasteiger partial charge is 0.491 e. The molecule has 0 aliphatic carbocycles. The molecular formula is C16H17NO3S. The topological polar surface area (TPSA) is 48.4 Å². The summed E-state index contributed by atoms with van der Waals surface area (Å²) in [7, 11) is 0. The summed E-state index contributed by atoms with van der Waals surface area (Å²) in [5.41, 5.74) is 3.10. The molecule has 0 atom stereocenters. The highest BCUT2D eigenvalue weighted by molar-refractivity contribution is 7.17. The van der Waals surface area contributed by atoms with Crippen LogP contribution in [0, 0.1) is 0 Å². The van der Waals surface area contributed by atoms with Gasteiger partial charge in [-0.05, 0) is 36.6 Å². The lowest BCUT2D eigenvalue weighted by Gasteiger charge is -2.07. The molecule has 0 amide bonds. The summed E-state index contributed by atoms with van der Waals surface area (Å²) < 4.78 is 10.9. The molecule has 0 bridgehead atoms. The fourth-order valence-corrected chi connectivity index (χ4v) is 3.45. The number of aryl methyl sites for hydroxylation is 1. The minimum absolute atomic E-state index is 0.261. The van der Waals surface area contributed by atoms with Gasteiger partial charge in [0.05, 0.1) is 18.1 Å². The van der Waals surface area contributed by atoms with Gasteiger partial charge in [0.1, 0.15) is 16.3 Å². The van der Waals surface area contributed by atoms with E-state index < -0.39 is 0 Å². The molecule has 21 heavy (non-hydrogen) atoms. The van der Waals surface area contributed by atoms with Gasteiger partial charge in [0.2, 0.25) is 0 Å². The van der Waals surface area contributed by atoms with Crippen molar-refractivity contribution in [3.63, 3.8) is 0 Å². The smallest absolute Gasteiger partial charge is 0.348 e. The predicted molar refractivity (Wildman–Crippen MR) is 82.1 cm³/mol. The zero-order valence-corrected chi connectivity index (χ0v) is 13.0. The van der Waals surface area contributed by atoms with Crippen molar-refractivity contribution in [1.29, 1.82) is 0 Å². The monoisotopic (exact) mass is 303 g/mol. The summed E-state index contributed by atoms with van der Waals surface area (Å²) in [5.74, 6) is 0.550. The maximum absolute atomic E-state index is 11.9. The van der Waals surface area contributed by atoms with Gasteiger partial charge < -0.3 is 9.47 Å². The Morgan fingerprint density at radius 1 is 1.43 bits per heavy atom. The lowest BCUT2D eigenvalue weighted by atomic mass is 10.1. The van der Waals surface area contributed by atoms with Crippen molar-refractivity contribution in [2.24, 2.45) is 0 Å². The number of carbonyl (C=O) groups excluding carboxylic acids is 1. The van der Waals surface area contributed by atoms with Gasteiger partial charge in [-0.25, -0.2) is 4.79 Å². The molecular weight excluding hydrogens is 286 g/mol. The van der Waals surface area contributed by atoms with Crippen LogP contribution in [-0.4, -0.2) is 24.2 Å². The highest BCUT2D eigenvalue weighted by atomic mass is 32.1. The van der Waals surface area contributed by atoms with E-state index in [0.29, 0.717) is 18.1 Å². The number of aromatic nitrogens is 1. The van der Waals surface area contributed by atoms with E-state index in [4.69, 9.17) is 9.47 Å². The molecule has 0 aromatic carbocycles. The van der Waals surface area contributed by atoms with Crippen LogP contribution in [-0.2, 0) is 17.6 Å². The summed E-state index contributed by atoms with van der Waals surface area (Å²) in [4.78, 5) is 18.1. The maximum Gasteiger partial charge on any atom is 0.348 e. The maximum atomic E-state index is 11.9. The lowest BCUT2D eigenvalue weighted by Crippen LogP contribution is -2.02. The van der Waals surface area contributed by atoms with Crippen LogP contribution in [0.5, 0.6) is 5.75 Å². The van der Waals surface area contributed by atoms with Crippen molar-refractivity contribution < 1.29 is 14.3 Å². The number of rotatable bonds is 3. The Balaban J connectivity index is 2.05. The van der Waals surface area contributed by atoms with Crippen molar-refractivity contribution in [2.75, 3.05) is 13.2 Å². The molecule has 3 heterocycles. The number of nitrogens with zero attached hydrogens (tertiary/aromatic N) is 1. The van der Waals surface area contributed by atoms with Gasteiger partial charge in [-0.3, -0.25) is 4.98 Å². The van der Waals surface area contributed by atoms with E-state index in [1.54, 1.807) is 0 Å². The quantitative estimate of drug-likeness (QED) is 0.814. The molecule has 0 fully saturated rings. The van der Waals surface area contributed by atoms with Crippen molar-refractivity contribution >= 4 is 17.3 Å². The minimum atomic E-state index is -0.261. The first-order valence-corrected chi connectivity index (χ1v) is 7.96. The molecule has 0 saturated heterocycles. The fraction of sp³-hybridized carbons (Fsp3) is 0.375. The highest BCUT2D eigenvalue weighted by Crippen LogP contribution is 2.39. The third-order valence-corrected chi connectivity index (χ3v) is 4.61. The molecule has 0 unspecified atom stereocenters. The number of fused-ring (bicyclic) bond motifs is 3. The molecule has 3 rings (SSSR count). The van der Waals surface area contributed by atoms with Crippen LogP contribution in [0.25, 0.3) is 10.6 Å². The molecule has 4 nitrogen and oxygen atoms in total. The van der Waals surface area contributed by atoms with Crippen LogP contribution in [0.3, 0.4) is 0 Å². The summed E-state index contributed by atoms with van der Waals surface area (Å²) in [6.45, 7) is 4.90. The Morgan fingerprint density at radius 3 is 3.05 bits per heavy atom. The lowest BCUT2D eigenvalue weighted by molar-refractivity contribution is 0.0532. The van der Waals surface area contributed by atoms with Gasteiger partial charge in [0, 0.05) is 12.6 Å². The van der Waals surface area contributed by atoms with E-state index >= 15 is 0 Å². The molecule has 1 aliphatic rings. The third-order valence-electron chi connectivity index (χ3n) is 3.45. The van der Waals surface area contributed by atoms with E-state index in [1.165, 1.54) is 11.3 Å². The standard InChI is InChI=1S/C16H17NO3S/c1-3-10-7-12-14(17-9-10)15-11(5-6-20-12)8-13(21-15)16(18)19-4-2/h7-9H,3-6H2,1-2H3. The summed E-state index contributed by atoms with van der Waals surface area (Å²) in [5, 5.41) is 0. The Hall–Kier alpha value is -1.88. The number of esters is 1. The van der Waals surface area contributed by atoms with Crippen LogP contribution < -0.4 is 4.74 Å². The molecule has 5 heteroatoms. The molecule has 0 spiro atoms. The van der Waals surface area contributed by atoms with Gasteiger partial charge in [-0.15, -0.1) is 11.3 Å². The van der Waals surface area contributed by atoms with Crippen molar-refractivity contribution in [2.45, 2.75) is 26.7 Å². The van der Waals surface area contributed by atoms with Gasteiger partial charge in [-0.1, -0.05) is 6.92 Å². The Bertz CT molecular complexity index is 678. The average molecular weight is 303 g/mol. The molecule has 0 radical (unpaired) electrons. The van der Waals surface area contributed by atoms with E-state index in [0.717, 1.165) is 40.3 Å². The van der Waals surface area contributed by atoms with Crippen LogP contribution in [0.1, 0.15) is 34.6 Å². The van der Waals surface area contributed by atoms with Crippen molar-refractivity contribution in [3.8, 4) is 16.3 Å². The van der Waals surface area contributed by atoms with Gasteiger partial charge >= 0.3 is 5.97 Å². The van der Waals surface area contributed by atoms with Crippen LogP contribution in [0.15, 0.2) is 18.3 Å². The van der Waals surface area contributed by atoms with E-state index in [2.05, 4.69) is 11.9 Å². The Morgan fingerprint density at radius 2 is 2.29 bits per heavy atom. The number of ether oxygens (including phenoxy) is 2. The molecule has 1 aliphatic heterocycles. The van der Waals surface area contributed by atoms with Crippen LogP contribution in [0.4, 0.5) is 0 Å². The van der Waals surface area contributed by atoms with Gasteiger partial charge in [-0.2, -0.15) is 0 Å². The number of pyridine rings is 1. The van der Waals surface area contributed by atoms with Crippen molar-refractivity contribution in [1.82, 2.24) is 4.98 Å². The zero-order valence-electron chi connectivity index (χ0n) is 12.1. The SMILES string of the molecule is CCOC(=O)c1cc2c(s1)-c1ncc(CC)cc1OCC2. The zero-order chi connectivity index (χ0) is 14.8. The summed E-state index contributed by atoms with van der Waals surface area (Å²) in [6, 6.07) is 3.95. The second-order valence-corrected chi connectivity index (χ2v) is 5.88. The first-order valence-electron chi connectivity index (χ1n) is 7.14. The van der Waals surface area contributed by atoms with Gasteiger partial charge in [0.25, 0.3) is 0 Å². The number of carbonyl (C=O) groups is 1.